The fraction of sp³-hybridized carbons (Fsp3) is 0.545. The van der Waals surface area contributed by atoms with Crippen LogP contribution in [0.25, 0.3) is 0 Å². The van der Waals surface area contributed by atoms with Crippen molar-refractivity contribution in [3.63, 3.8) is 0 Å². The highest BCUT2D eigenvalue weighted by Gasteiger charge is 2.65. The normalized spacial score (nSPS) is 39.6. The smallest absolute Gasteiger partial charge is 0.141 e. The Hall–Kier alpha value is -0.960. The predicted octanol–water partition coefficient (Wildman–Crippen LogP) is 1.80. The molecule has 3 heteroatoms. The average molecular weight is 192 g/mol. The maximum absolute atomic E-state index is 12.7. The zero-order valence-corrected chi connectivity index (χ0v) is 7.91. The molecule has 0 aliphatic heterocycles. The van der Waals surface area contributed by atoms with Gasteiger partial charge in [-0.05, 0) is 36.8 Å². The van der Waals surface area contributed by atoms with E-state index < -0.39 is 0 Å². The maximum Gasteiger partial charge on any atom is 0.141 e. The van der Waals surface area contributed by atoms with Crippen LogP contribution < -0.4 is 5.73 Å². The van der Waals surface area contributed by atoms with Gasteiger partial charge in [0.2, 0.25) is 0 Å². The van der Waals surface area contributed by atoms with Crippen molar-refractivity contribution in [1.29, 1.82) is 0 Å². The molecule has 1 aromatic heterocycles. The molecule has 2 nitrogen and oxygen atoms in total. The summed E-state index contributed by atoms with van der Waals surface area (Å²) < 4.78 is 12.7. The predicted molar refractivity (Wildman–Crippen MR) is 50.9 cm³/mol. The minimum Gasteiger partial charge on any atom is -0.320 e. The minimum absolute atomic E-state index is 0.230. The molecule has 3 rings (SSSR count). The van der Waals surface area contributed by atoms with E-state index in [0.29, 0.717) is 11.8 Å². The van der Waals surface area contributed by atoms with Gasteiger partial charge in [0.1, 0.15) is 5.82 Å². The molecule has 2 aliphatic carbocycles. The number of fused-ring (bicyclic) bond motifs is 1. The first-order valence-corrected chi connectivity index (χ1v) is 5.14. The van der Waals surface area contributed by atoms with Crippen molar-refractivity contribution in [2.24, 2.45) is 17.6 Å². The Morgan fingerprint density at radius 1 is 1.36 bits per heavy atom. The van der Waals surface area contributed by atoms with Crippen molar-refractivity contribution < 1.29 is 4.39 Å². The van der Waals surface area contributed by atoms with E-state index in [9.17, 15) is 4.39 Å². The lowest BCUT2D eigenvalue weighted by atomic mass is 10.0. The Kier molecular flexibility index (Phi) is 1.52. The molecule has 2 aliphatic rings. The molecular formula is C11H13FN2. The molecule has 0 saturated heterocycles. The number of aromatic nitrogens is 1. The zero-order valence-electron chi connectivity index (χ0n) is 7.91. The van der Waals surface area contributed by atoms with Crippen LogP contribution in [-0.2, 0) is 5.54 Å². The summed E-state index contributed by atoms with van der Waals surface area (Å²) in [5.74, 6) is 0.907. The van der Waals surface area contributed by atoms with Crippen LogP contribution in [0.15, 0.2) is 18.3 Å². The van der Waals surface area contributed by atoms with Crippen LogP contribution in [0.5, 0.6) is 0 Å². The van der Waals surface area contributed by atoms with E-state index in [0.717, 1.165) is 5.69 Å². The van der Waals surface area contributed by atoms with Crippen molar-refractivity contribution in [3.8, 4) is 0 Å². The highest BCUT2D eigenvalue weighted by Crippen LogP contribution is 2.63. The quantitative estimate of drug-likeness (QED) is 0.737. The molecule has 1 aromatic rings. The van der Waals surface area contributed by atoms with Crippen LogP contribution in [0, 0.1) is 17.7 Å². The summed E-state index contributed by atoms with van der Waals surface area (Å²) in [6.07, 6.45) is 4.97. The first kappa shape index (κ1) is 8.36. The van der Waals surface area contributed by atoms with Crippen molar-refractivity contribution >= 4 is 0 Å². The largest absolute Gasteiger partial charge is 0.320 e. The van der Waals surface area contributed by atoms with Crippen LogP contribution in [-0.4, -0.2) is 4.98 Å². The van der Waals surface area contributed by atoms with Crippen molar-refractivity contribution in [1.82, 2.24) is 4.98 Å². The van der Waals surface area contributed by atoms with E-state index in [1.54, 1.807) is 6.07 Å². The molecule has 0 amide bonds. The van der Waals surface area contributed by atoms with Gasteiger partial charge in [0, 0.05) is 0 Å². The second kappa shape index (κ2) is 2.54. The third-order valence-corrected chi connectivity index (χ3v) is 3.80. The second-order valence-electron chi connectivity index (χ2n) is 4.44. The van der Waals surface area contributed by atoms with Gasteiger partial charge in [0.25, 0.3) is 0 Å². The van der Waals surface area contributed by atoms with Crippen LogP contribution in [0.1, 0.15) is 25.0 Å². The highest BCUT2D eigenvalue weighted by molar-refractivity contribution is 5.30. The molecule has 74 valence electrons. The summed E-state index contributed by atoms with van der Waals surface area (Å²) in [5, 5.41) is 0. The first-order chi connectivity index (χ1) is 6.73. The monoisotopic (exact) mass is 192 g/mol. The lowest BCUT2D eigenvalue weighted by Gasteiger charge is -2.14. The van der Waals surface area contributed by atoms with Gasteiger partial charge in [-0.1, -0.05) is 6.42 Å². The summed E-state index contributed by atoms with van der Waals surface area (Å²) in [5.41, 5.74) is 6.92. The van der Waals surface area contributed by atoms with Gasteiger partial charge < -0.3 is 5.73 Å². The third kappa shape index (κ3) is 0.906. The van der Waals surface area contributed by atoms with Gasteiger partial charge in [-0.25, -0.2) is 4.39 Å². The Bertz CT molecular complexity index is 350. The highest BCUT2D eigenvalue weighted by atomic mass is 19.1. The minimum atomic E-state index is -0.289. The van der Waals surface area contributed by atoms with Crippen LogP contribution in [0.3, 0.4) is 0 Å². The van der Waals surface area contributed by atoms with E-state index in [-0.39, 0.29) is 11.4 Å². The third-order valence-electron chi connectivity index (χ3n) is 3.80. The summed E-state index contributed by atoms with van der Waals surface area (Å²) in [4.78, 5) is 4.09. The van der Waals surface area contributed by atoms with Crippen LogP contribution in [0.4, 0.5) is 4.39 Å². The van der Waals surface area contributed by atoms with Gasteiger partial charge in [-0.2, -0.15) is 0 Å². The molecule has 0 radical (unpaired) electrons. The Labute approximate surface area is 82.3 Å². The number of nitrogens with two attached hydrogens (primary N) is 1. The molecule has 2 fully saturated rings. The van der Waals surface area contributed by atoms with Gasteiger partial charge >= 0.3 is 0 Å². The van der Waals surface area contributed by atoms with E-state index in [4.69, 9.17) is 5.73 Å². The Morgan fingerprint density at radius 2 is 2.07 bits per heavy atom. The standard InChI is InChI=1S/C11H13FN2/c12-7-4-5-10(14-6-7)11(13)8-2-1-3-9(8)11/h4-6,8-9H,1-3,13H2. The van der Waals surface area contributed by atoms with E-state index in [2.05, 4.69) is 4.98 Å². The van der Waals surface area contributed by atoms with Crippen LogP contribution >= 0.6 is 0 Å². The molecule has 14 heavy (non-hydrogen) atoms. The molecule has 2 saturated carbocycles. The molecule has 0 spiro atoms. The lowest BCUT2D eigenvalue weighted by Crippen LogP contribution is -2.26. The molecule has 1 heterocycles. The van der Waals surface area contributed by atoms with Crippen molar-refractivity contribution in [2.75, 3.05) is 0 Å². The Morgan fingerprint density at radius 3 is 2.64 bits per heavy atom. The number of rotatable bonds is 1. The SMILES string of the molecule is NC1(c2ccc(F)cn2)C2CCCC21. The number of hydrogen-bond acceptors (Lipinski definition) is 2. The van der Waals surface area contributed by atoms with Crippen molar-refractivity contribution in [3.05, 3.63) is 29.8 Å². The van der Waals surface area contributed by atoms with E-state index in [1.807, 2.05) is 0 Å². The summed E-state index contributed by atoms with van der Waals surface area (Å²) in [6, 6.07) is 3.18. The number of hydrogen-bond donors (Lipinski definition) is 1. The molecule has 2 unspecified atom stereocenters. The molecule has 2 atom stereocenters. The molecular weight excluding hydrogens is 179 g/mol. The van der Waals surface area contributed by atoms with Gasteiger partial charge in [0.05, 0.1) is 17.4 Å². The molecule has 2 N–H and O–H groups in total. The first-order valence-electron chi connectivity index (χ1n) is 5.14. The average Bonchev–Trinajstić information content (AvgIpc) is 2.63. The molecule has 0 bridgehead atoms. The number of halogens is 1. The summed E-state index contributed by atoms with van der Waals surface area (Å²) in [6.45, 7) is 0. The fourth-order valence-electron chi connectivity index (χ4n) is 3.01. The van der Waals surface area contributed by atoms with Crippen LogP contribution in [0.2, 0.25) is 0 Å². The summed E-state index contributed by atoms with van der Waals surface area (Å²) >= 11 is 0. The molecule has 0 aromatic carbocycles. The van der Waals surface area contributed by atoms with Gasteiger partial charge in [-0.15, -0.1) is 0 Å². The Balaban J connectivity index is 1.93. The number of pyridine rings is 1. The maximum atomic E-state index is 12.7. The zero-order chi connectivity index (χ0) is 9.76. The number of nitrogens with zero attached hydrogens (tertiary/aromatic N) is 1. The van der Waals surface area contributed by atoms with E-state index >= 15 is 0 Å². The second-order valence-corrected chi connectivity index (χ2v) is 4.44. The van der Waals surface area contributed by atoms with Crippen molar-refractivity contribution in [2.45, 2.75) is 24.8 Å². The summed E-state index contributed by atoms with van der Waals surface area (Å²) in [7, 11) is 0. The lowest BCUT2D eigenvalue weighted by molar-refractivity contribution is 0.510. The van der Waals surface area contributed by atoms with Gasteiger partial charge in [0.15, 0.2) is 0 Å². The fourth-order valence-corrected chi connectivity index (χ4v) is 3.01. The van der Waals surface area contributed by atoms with E-state index in [1.165, 1.54) is 31.5 Å². The van der Waals surface area contributed by atoms with Gasteiger partial charge in [-0.3, -0.25) is 4.98 Å². The topological polar surface area (TPSA) is 38.9 Å².